The van der Waals surface area contributed by atoms with Crippen LogP contribution in [0.15, 0.2) is 42.6 Å². The normalized spacial score (nSPS) is 13.6. The average Bonchev–Trinajstić information content (AvgIpc) is 3.64. The number of hydrogen-bond acceptors (Lipinski definition) is 9. The van der Waals surface area contributed by atoms with Gasteiger partial charge in [0.05, 0.1) is 23.7 Å². The Balaban J connectivity index is 1.74. The van der Waals surface area contributed by atoms with Gasteiger partial charge in [0.1, 0.15) is 29.7 Å². The third-order valence-electron chi connectivity index (χ3n) is 5.82. The third-order valence-corrected chi connectivity index (χ3v) is 5.82. The second-order valence-corrected chi connectivity index (χ2v) is 8.47. The van der Waals surface area contributed by atoms with Crippen LogP contribution >= 0.6 is 0 Å². The van der Waals surface area contributed by atoms with Crippen molar-refractivity contribution >= 4 is 11.8 Å². The number of nitrogens with zero attached hydrogens (tertiary/aromatic N) is 3. The Morgan fingerprint density at radius 1 is 1.06 bits per heavy atom. The lowest BCUT2D eigenvalue weighted by Gasteiger charge is -2.19. The maximum Gasteiger partial charge on any atom is 0.221 e. The summed E-state index contributed by atoms with van der Waals surface area (Å²) in [4.78, 5) is 8.13. The van der Waals surface area contributed by atoms with Crippen LogP contribution in [0.4, 0.5) is 11.8 Å². The van der Waals surface area contributed by atoms with Gasteiger partial charge in [-0.15, -0.1) is 0 Å². The van der Waals surface area contributed by atoms with Gasteiger partial charge >= 0.3 is 0 Å². The number of aromatic nitrogens is 2. The van der Waals surface area contributed by atoms with E-state index in [0.29, 0.717) is 42.7 Å². The summed E-state index contributed by atoms with van der Waals surface area (Å²) in [6.45, 7) is 2.88. The summed E-state index contributed by atoms with van der Waals surface area (Å²) in [5.41, 5.74) is 14.7. The number of ether oxygens (including phenoxy) is 4. The highest BCUT2D eigenvalue weighted by atomic mass is 16.7. The molecule has 1 aromatic heterocycles. The van der Waals surface area contributed by atoms with Gasteiger partial charge in [0.15, 0.2) is 6.79 Å². The van der Waals surface area contributed by atoms with Gasteiger partial charge in [-0.25, -0.2) is 4.98 Å². The van der Waals surface area contributed by atoms with Crippen molar-refractivity contribution in [2.75, 3.05) is 38.6 Å². The molecule has 1 heterocycles. The summed E-state index contributed by atoms with van der Waals surface area (Å²) < 4.78 is 22.8. The van der Waals surface area contributed by atoms with E-state index in [9.17, 15) is 5.26 Å². The van der Waals surface area contributed by atoms with Crippen molar-refractivity contribution < 1.29 is 18.9 Å². The van der Waals surface area contributed by atoms with E-state index in [2.05, 4.69) is 16.0 Å². The lowest BCUT2D eigenvalue weighted by molar-refractivity contribution is 0.0511. The van der Waals surface area contributed by atoms with E-state index in [4.69, 9.17) is 30.4 Å². The van der Waals surface area contributed by atoms with Crippen LogP contribution in [0, 0.1) is 16.7 Å². The lowest BCUT2D eigenvalue weighted by Crippen LogP contribution is -2.12. The highest BCUT2D eigenvalue weighted by Crippen LogP contribution is 2.47. The van der Waals surface area contributed by atoms with Gasteiger partial charge < -0.3 is 30.4 Å². The molecule has 9 nitrogen and oxygen atoms in total. The third kappa shape index (κ3) is 5.73. The average molecular weight is 476 g/mol. The molecule has 9 heteroatoms. The summed E-state index contributed by atoms with van der Waals surface area (Å²) in [6.07, 6.45) is 3.76. The first kappa shape index (κ1) is 24.1. The fourth-order valence-corrected chi connectivity index (χ4v) is 3.70. The molecule has 4 rings (SSSR count). The molecular weight excluding hydrogens is 446 g/mol. The Labute approximate surface area is 204 Å². The molecule has 3 aromatic rings. The molecule has 35 heavy (non-hydrogen) atoms. The van der Waals surface area contributed by atoms with E-state index >= 15 is 0 Å². The molecule has 4 N–H and O–H groups in total. The minimum Gasteiger partial charge on any atom is -0.493 e. The zero-order chi connectivity index (χ0) is 24.8. The molecule has 0 aliphatic heterocycles. The Kier molecular flexibility index (Phi) is 7.22. The van der Waals surface area contributed by atoms with Gasteiger partial charge in [-0.2, -0.15) is 10.2 Å². The Hall–Kier alpha value is -4.03. The number of nitrogens with two attached hydrogens (primary N) is 2. The molecule has 0 radical (unpaired) electrons. The van der Waals surface area contributed by atoms with E-state index < -0.39 is 5.41 Å². The fraction of sp³-hybridized carbons (Fsp3) is 0.346. The maximum absolute atomic E-state index is 9.55. The van der Waals surface area contributed by atoms with Crippen molar-refractivity contribution in [2.45, 2.75) is 26.2 Å². The Bertz CT molecular complexity index is 1220. The van der Waals surface area contributed by atoms with Crippen LogP contribution < -0.4 is 25.7 Å². The van der Waals surface area contributed by atoms with Crippen molar-refractivity contribution in [3.63, 3.8) is 0 Å². The number of benzene rings is 2. The molecule has 2 aromatic carbocycles. The summed E-state index contributed by atoms with van der Waals surface area (Å²) in [5.74, 6) is 2.45. The van der Waals surface area contributed by atoms with Crippen molar-refractivity contribution in [2.24, 2.45) is 5.41 Å². The van der Waals surface area contributed by atoms with Crippen molar-refractivity contribution in [1.82, 2.24) is 9.97 Å². The second kappa shape index (κ2) is 10.5. The molecule has 1 saturated carbocycles. The number of nitriles is 1. The predicted octanol–water partition coefficient (Wildman–Crippen LogP) is 3.96. The number of nitrogen functional groups attached to an aromatic ring is 2. The highest BCUT2D eigenvalue weighted by Gasteiger charge is 2.44. The first-order valence-electron chi connectivity index (χ1n) is 11.4. The molecule has 1 fully saturated rings. The first-order valence-corrected chi connectivity index (χ1v) is 11.4. The van der Waals surface area contributed by atoms with E-state index in [1.807, 2.05) is 43.3 Å². The Morgan fingerprint density at radius 3 is 2.37 bits per heavy atom. The molecule has 1 aliphatic carbocycles. The van der Waals surface area contributed by atoms with Crippen LogP contribution in [-0.4, -0.2) is 37.1 Å². The molecule has 0 spiro atoms. The number of methoxy groups -OCH3 is 1. The maximum atomic E-state index is 9.55. The molecule has 0 unspecified atom stereocenters. The second-order valence-electron chi connectivity index (χ2n) is 8.47. The fourth-order valence-electron chi connectivity index (χ4n) is 3.70. The van der Waals surface area contributed by atoms with Gasteiger partial charge in [-0.1, -0.05) is 12.1 Å². The Morgan fingerprint density at radius 2 is 1.77 bits per heavy atom. The molecule has 1 aliphatic rings. The largest absolute Gasteiger partial charge is 0.493 e. The van der Waals surface area contributed by atoms with Crippen LogP contribution in [0.1, 0.15) is 30.9 Å². The molecule has 0 atom stereocenters. The van der Waals surface area contributed by atoms with Gasteiger partial charge in [0, 0.05) is 25.3 Å². The SMILES string of the molecule is CCOc1cc(Cc2cnc(N)nc2N)cc(OCC2(C#N)CC2)c1-c1ccc(OCOC)cc1. The van der Waals surface area contributed by atoms with Crippen LogP contribution in [0.3, 0.4) is 0 Å². The topological polar surface area (TPSA) is 139 Å². The van der Waals surface area contributed by atoms with E-state index in [0.717, 1.165) is 35.1 Å². The van der Waals surface area contributed by atoms with Crippen LogP contribution in [-0.2, 0) is 11.2 Å². The molecule has 0 amide bonds. The number of hydrogen-bond donors (Lipinski definition) is 2. The summed E-state index contributed by atoms with van der Waals surface area (Å²) in [6, 6.07) is 13.9. The quantitative estimate of drug-likeness (QED) is 0.394. The molecular formula is C26H29N5O4. The smallest absolute Gasteiger partial charge is 0.221 e. The standard InChI is InChI=1S/C26H29N5O4/c1-3-33-21-11-17(10-19-13-30-25(29)31-24(19)28)12-22(34-15-26(14-27)8-9-26)23(21)18-4-6-20(7-5-18)35-16-32-2/h4-7,11-13H,3,8-10,15-16H2,1-2H3,(H4,28,29,30,31). The molecule has 0 saturated heterocycles. The van der Waals surface area contributed by atoms with Gasteiger partial charge in [0.25, 0.3) is 0 Å². The van der Waals surface area contributed by atoms with Crippen LogP contribution in [0.5, 0.6) is 17.2 Å². The number of rotatable bonds is 11. The van der Waals surface area contributed by atoms with E-state index in [1.165, 1.54) is 0 Å². The van der Waals surface area contributed by atoms with Gasteiger partial charge in [-0.05, 0) is 55.2 Å². The van der Waals surface area contributed by atoms with Crippen molar-refractivity contribution in [3.8, 4) is 34.4 Å². The predicted molar refractivity (Wildman–Crippen MR) is 132 cm³/mol. The van der Waals surface area contributed by atoms with E-state index in [-0.39, 0.29) is 12.7 Å². The number of anilines is 2. The zero-order valence-electron chi connectivity index (χ0n) is 19.9. The minimum atomic E-state index is -0.424. The van der Waals surface area contributed by atoms with E-state index in [1.54, 1.807) is 13.3 Å². The molecule has 0 bridgehead atoms. The van der Waals surface area contributed by atoms with Crippen LogP contribution in [0.25, 0.3) is 11.1 Å². The molecule has 182 valence electrons. The summed E-state index contributed by atoms with van der Waals surface area (Å²) in [5, 5.41) is 9.55. The highest BCUT2D eigenvalue weighted by molar-refractivity contribution is 5.78. The first-order chi connectivity index (χ1) is 17.0. The summed E-state index contributed by atoms with van der Waals surface area (Å²) in [7, 11) is 1.58. The monoisotopic (exact) mass is 475 g/mol. The zero-order valence-corrected chi connectivity index (χ0v) is 19.9. The van der Waals surface area contributed by atoms with Crippen LogP contribution in [0.2, 0.25) is 0 Å². The van der Waals surface area contributed by atoms with Gasteiger partial charge in [-0.3, -0.25) is 0 Å². The lowest BCUT2D eigenvalue weighted by atomic mass is 9.98. The summed E-state index contributed by atoms with van der Waals surface area (Å²) >= 11 is 0. The van der Waals surface area contributed by atoms with Gasteiger partial charge in [0.2, 0.25) is 5.95 Å². The minimum absolute atomic E-state index is 0.129. The van der Waals surface area contributed by atoms with Crippen molar-refractivity contribution in [3.05, 3.63) is 53.7 Å². The van der Waals surface area contributed by atoms with Crippen molar-refractivity contribution in [1.29, 1.82) is 5.26 Å².